The second-order valence-corrected chi connectivity index (χ2v) is 31.8. The molecule has 6 aliphatic heterocycles. The minimum absolute atomic E-state index is 0.0238. The Morgan fingerprint density at radius 1 is 0.455 bits per heavy atom. The van der Waals surface area contributed by atoms with E-state index < -0.39 is 263 Å². The number of ether oxygens (including phenoxy) is 12. The number of carbonyl (C=O) groups is 1. The molecule has 6 heterocycles. The number of carbonyl (C=O) groups excluding carboxylic acids is 1. The molecule has 39 unspecified atom stereocenters. The number of hydrogen-bond acceptors (Lipinski definition) is 33. The predicted molar refractivity (Wildman–Crippen MR) is 328 cm³/mol. The van der Waals surface area contributed by atoms with Crippen molar-refractivity contribution in [1.82, 2.24) is 0 Å². The van der Waals surface area contributed by atoms with Gasteiger partial charge in [-0.15, -0.1) is 0 Å². The fourth-order valence-electron chi connectivity index (χ4n) is 19.3. The Labute approximate surface area is 572 Å². The summed E-state index contributed by atoms with van der Waals surface area (Å²) in [4.78, 5) is 15.4. The molecule has 0 aromatic heterocycles. The van der Waals surface area contributed by atoms with E-state index in [1.165, 1.54) is 6.92 Å². The van der Waals surface area contributed by atoms with Gasteiger partial charge in [-0.3, -0.25) is 4.79 Å². The standard InChI is InChI=1S/C66H108O33/c1-25-36(72)41(77)46(82)55(89-25)96-51-31(22-70)93-54(50(86)45(51)81)88-23-32-39(75)44(80)49(85)58(94-32)99-60(87)66-16-14-61(2,3)18-27(66)26-8-9-34-62(4)12-11-35(63(5,24-71)33(62)10-13-65(34,7)64(26,6)15-17-66)95-59-53(98-57-48(84)43(79)38(74)29(20-68)91-57)52(40(76)30(21-69)92-59)97-56-47(83)42(78)37(73)28(19-67)90-56/h8,25,27-59,67-86H,9-24H2,1-7H3. The van der Waals surface area contributed by atoms with Gasteiger partial charge in [-0.05, 0) is 111 Å². The summed E-state index contributed by atoms with van der Waals surface area (Å²) in [5.41, 5.74) is -2.83. The van der Waals surface area contributed by atoms with Crippen molar-refractivity contribution in [3.63, 3.8) is 0 Å². The molecule has 0 aromatic rings. The Balaban J connectivity index is 0.811. The van der Waals surface area contributed by atoms with Crippen molar-refractivity contribution in [2.75, 3.05) is 39.6 Å². The number of aliphatic hydroxyl groups excluding tert-OH is 20. The summed E-state index contributed by atoms with van der Waals surface area (Å²) in [7, 11) is 0. The molecule has 570 valence electrons. The second kappa shape index (κ2) is 29.6. The van der Waals surface area contributed by atoms with Gasteiger partial charge >= 0.3 is 5.97 Å². The van der Waals surface area contributed by atoms with Crippen LogP contribution in [0.3, 0.4) is 0 Å². The lowest BCUT2D eigenvalue weighted by atomic mass is 9.33. The molecular formula is C66H108O33. The number of fused-ring (bicyclic) bond motifs is 7. The zero-order valence-corrected chi connectivity index (χ0v) is 56.8. The molecule has 10 fully saturated rings. The highest BCUT2D eigenvalue weighted by atomic mass is 16.8. The Morgan fingerprint density at radius 2 is 0.939 bits per heavy atom. The summed E-state index contributed by atoms with van der Waals surface area (Å²) in [5.74, 6) is -1.34. The second-order valence-electron chi connectivity index (χ2n) is 31.8. The topological polar surface area (TPSA) is 532 Å². The molecular weight excluding hydrogens is 1320 g/mol. The van der Waals surface area contributed by atoms with Crippen LogP contribution in [0, 0.1) is 50.2 Å². The number of allylic oxidation sites excluding steroid dienone is 2. The predicted octanol–water partition coefficient (Wildman–Crippen LogP) is -6.39. The third-order valence-corrected chi connectivity index (χ3v) is 25.7. The van der Waals surface area contributed by atoms with Crippen molar-refractivity contribution in [2.45, 2.75) is 303 Å². The van der Waals surface area contributed by atoms with E-state index in [1.54, 1.807) is 0 Å². The molecule has 33 nitrogen and oxygen atoms in total. The van der Waals surface area contributed by atoms with Crippen molar-refractivity contribution in [3.8, 4) is 0 Å². The van der Waals surface area contributed by atoms with Gasteiger partial charge in [0.05, 0.1) is 57.3 Å². The van der Waals surface area contributed by atoms with Crippen LogP contribution in [-0.4, -0.2) is 338 Å². The van der Waals surface area contributed by atoms with Crippen molar-refractivity contribution in [2.24, 2.45) is 50.2 Å². The SMILES string of the molecule is CC1OC(OC2C(CO)OC(OCC3OC(OC(=O)C45CCC(C)(C)CC4C4=CCC6C7(C)CCC(OC8OC(CO)C(O)C(OC9OC(CO)C(O)C(O)C9O)C8OC8OC(CO)C(O)C(O)C8O)C(C)(CO)C7CCC6(C)C4(C)CC5)C(O)C(O)C3O)C(O)C2O)C(O)C(O)C1O. The van der Waals surface area contributed by atoms with Crippen LogP contribution in [0.15, 0.2) is 11.6 Å². The summed E-state index contributed by atoms with van der Waals surface area (Å²) < 4.78 is 72.1. The highest BCUT2D eigenvalue weighted by Gasteiger charge is 2.71. The first-order chi connectivity index (χ1) is 46.5. The lowest BCUT2D eigenvalue weighted by Crippen LogP contribution is -2.69. The molecule has 0 radical (unpaired) electrons. The fourth-order valence-corrected chi connectivity index (χ4v) is 19.3. The molecule has 20 N–H and O–H groups in total. The molecule has 39 atom stereocenters. The van der Waals surface area contributed by atoms with E-state index in [9.17, 15) is 102 Å². The van der Waals surface area contributed by atoms with Crippen LogP contribution in [0.1, 0.15) is 113 Å². The molecule has 6 saturated heterocycles. The first-order valence-corrected chi connectivity index (χ1v) is 34.9. The summed E-state index contributed by atoms with van der Waals surface area (Å²) in [5, 5.41) is 218. The Morgan fingerprint density at radius 3 is 1.53 bits per heavy atom. The van der Waals surface area contributed by atoms with Crippen LogP contribution in [0.4, 0.5) is 0 Å². The van der Waals surface area contributed by atoms with Crippen molar-refractivity contribution >= 4 is 5.97 Å². The van der Waals surface area contributed by atoms with Crippen molar-refractivity contribution in [3.05, 3.63) is 11.6 Å². The van der Waals surface area contributed by atoms with E-state index >= 15 is 4.79 Å². The first-order valence-electron chi connectivity index (χ1n) is 34.9. The van der Waals surface area contributed by atoms with Gasteiger partial charge in [0.1, 0.15) is 140 Å². The van der Waals surface area contributed by atoms with Gasteiger partial charge in [0, 0.05) is 5.41 Å². The van der Waals surface area contributed by atoms with Crippen LogP contribution < -0.4 is 0 Å². The zero-order chi connectivity index (χ0) is 72.3. The van der Waals surface area contributed by atoms with Gasteiger partial charge in [0.2, 0.25) is 6.29 Å². The van der Waals surface area contributed by atoms with E-state index in [0.29, 0.717) is 57.8 Å². The Kier molecular flexibility index (Phi) is 23.3. The molecule has 0 spiro atoms. The summed E-state index contributed by atoms with van der Waals surface area (Å²) >= 11 is 0. The molecule has 33 heteroatoms. The largest absolute Gasteiger partial charge is 0.432 e. The van der Waals surface area contributed by atoms with Crippen LogP contribution >= 0.6 is 0 Å². The molecule has 11 rings (SSSR count). The zero-order valence-electron chi connectivity index (χ0n) is 56.8. The summed E-state index contributed by atoms with van der Waals surface area (Å²) in [6, 6.07) is 0. The normalized spacial score (nSPS) is 54.6. The molecule has 11 aliphatic rings. The number of aliphatic hydroxyl groups is 20. The first kappa shape index (κ1) is 78.1. The van der Waals surface area contributed by atoms with Crippen molar-refractivity contribution in [1.29, 1.82) is 0 Å². The lowest BCUT2D eigenvalue weighted by Gasteiger charge is -2.71. The average molecular weight is 1430 g/mol. The van der Waals surface area contributed by atoms with E-state index in [1.807, 2.05) is 6.92 Å². The van der Waals surface area contributed by atoms with Gasteiger partial charge < -0.3 is 159 Å². The van der Waals surface area contributed by atoms with Crippen LogP contribution in [0.5, 0.6) is 0 Å². The molecule has 0 aromatic carbocycles. The van der Waals surface area contributed by atoms with Gasteiger partial charge in [0.25, 0.3) is 0 Å². The maximum Gasteiger partial charge on any atom is 0.315 e. The highest BCUT2D eigenvalue weighted by molar-refractivity contribution is 5.79. The monoisotopic (exact) mass is 1430 g/mol. The van der Waals surface area contributed by atoms with E-state index in [-0.39, 0.29) is 29.6 Å². The van der Waals surface area contributed by atoms with E-state index in [2.05, 4.69) is 40.7 Å². The average Bonchev–Trinajstić information content (AvgIpc) is 0.675. The van der Waals surface area contributed by atoms with Gasteiger partial charge in [-0.1, -0.05) is 53.2 Å². The summed E-state index contributed by atoms with van der Waals surface area (Å²) in [6.07, 6.45) is -45.8. The van der Waals surface area contributed by atoms with E-state index in [4.69, 9.17) is 56.8 Å². The fraction of sp³-hybridized carbons (Fsp3) is 0.955. The van der Waals surface area contributed by atoms with Crippen molar-refractivity contribution < 1.29 is 164 Å². The van der Waals surface area contributed by atoms with Crippen LogP contribution in [-0.2, 0) is 61.6 Å². The minimum Gasteiger partial charge on any atom is -0.432 e. The molecule has 5 aliphatic carbocycles. The third-order valence-electron chi connectivity index (χ3n) is 25.7. The maximum atomic E-state index is 15.4. The van der Waals surface area contributed by atoms with Gasteiger partial charge in [-0.25, -0.2) is 0 Å². The quantitative estimate of drug-likeness (QED) is 0.0345. The maximum absolute atomic E-state index is 15.4. The smallest absolute Gasteiger partial charge is 0.315 e. The Hall–Kier alpha value is -2.03. The van der Waals surface area contributed by atoms with Gasteiger partial charge in [-0.2, -0.15) is 0 Å². The number of rotatable bonds is 18. The Bertz CT molecular complexity index is 2770. The highest BCUT2D eigenvalue weighted by Crippen LogP contribution is 2.76. The van der Waals surface area contributed by atoms with Crippen LogP contribution in [0.2, 0.25) is 0 Å². The van der Waals surface area contributed by atoms with Gasteiger partial charge in [0.15, 0.2) is 31.5 Å². The third kappa shape index (κ3) is 13.5. The summed E-state index contributed by atoms with van der Waals surface area (Å²) in [6.45, 7) is 9.93. The minimum atomic E-state index is -2.01. The van der Waals surface area contributed by atoms with E-state index in [0.717, 1.165) is 5.57 Å². The number of hydrogen-bond donors (Lipinski definition) is 20. The molecule has 99 heavy (non-hydrogen) atoms. The van der Waals surface area contributed by atoms with Crippen LogP contribution in [0.25, 0.3) is 0 Å². The number of esters is 1. The molecule has 4 saturated carbocycles. The molecule has 0 bridgehead atoms. The lowest BCUT2D eigenvalue weighted by molar-refractivity contribution is -0.400. The molecule has 0 amide bonds.